The number of hydrogen-bond acceptors (Lipinski definition) is 5. The molecule has 1 N–H and O–H groups in total. The van der Waals surface area contributed by atoms with Crippen LogP contribution < -0.4 is 5.43 Å². The van der Waals surface area contributed by atoms with Gasteiger partial charge in [0.15, 0.2) is 5.76 Å². The topological polar surface area (TPSA) is 67.5 Å². The number of carbonyl (C=O) groups excluding carboxylic acids is 1. The van der Waals surface area contributed by atoms with Crippen LogP contribution in [0.5, 0.6) is 0 Å². The van der Waals surface area contributed by atoms with E-state index in [0.717, 1.165) is 39.4 Å². The number of thiazole rings is 1. The Morgan fingerprint density at radius 2 is 2.16 bits per heavy atom. The van der Waals surface area contributed by atoms with Crippen molar-refractivity contribution >= 4 is 33.9 Å². The lowest BCUT2D eigenvalue weighted by atomic mass is 10.0. The average molecular weight is 355 g/mol. The minimum absolute atomic E-state index is 0.182. The summed E-state index contributed by atoms with van der Waals surface area (Å²) in [6.45, 7) is 7.91. The van der Waals surface area contributed by atoms with Gasteiger partial charge in [-0.3, -0.25) is 4.79 Å². The number of amides is 1. The zero-order chi connectivity index (χ0) is 18.0. The van der Waals surface area contributed by atoms with Crippen LogP contribution >= 0.6 is 11.3 Å². The number of carbonyl (C=O) groups is 1. The zero-order valence-corrected chi connectivity index (χ0v) is 15.7. The molecule has 25 heavy (non-hydrogen) atoms. The van der Waals surface area contributed by atoms with E-state index in [-0.39, 0.29) is 12.3 Å². The summed E-state index contributed by atoms with van der Waals surface area (Å²) in [6, 6.07) is 6.13. The summed E-state index contributed by atoms with van der Waals surface area (Å²) in [5.74, 6) is 0.548. The third-order valence-corrected chi connectivity index (χ3v) is 4.92. The highest BCUT2D eigenvalue weighted by Crippen LogP contribution is 2.28. The fraction of sp³-hybridized carbons (Fsp3) is 0.316. The van der Waals surface area contributed by atoms with Crippen LogP contribution in [0.1, 0.15) is 41.4 Å². The highest BCUT2D eigenvalue weighted by Gasteiger charge is 2.16. The monoisotopic (exact) mass is 355 g/mol. The molecule has 0 saturated carbocycles. The second kappa shape index (κ2) is 7.19. The molecule has 0 aliphatic heterocycles. The van der Waals surface area contributed by atoms with Gasteiger partial charge < -0.3 is 4.42 Å². The molecule has 5 nitrogen and oxygen atoms in total. The van der Waals surface area contributed by atoms with Crippen molar-refractivity contribution in [3.05, 3.63) is 51.2 Å². The molecule has 0 unspecified atom stereocenters. The van der Waals surface area contributed by atoms with Gasteiger partial charge in [-0.1, -0.05) is 18.6 Å². The molecule has 0 fully saturated rings. The largest absolute Gasteiger partial charge is 0.454 e. The number of aryl methyl sites for hydroxylation is 3. The third-order valence-electron chi connectivity index (χ3n) is 3.96. The summed E-state index contributed by atoms with van der Waals surface area (Å²) in [4.78, 5) is 16.3. The maximum atomic E-state index is 12.0. The Balaban J connectivity index is 1.80. The number of furan rings is 1. The highest BCUT2D eigenvalue weighted by atomic mass is 32.1. The van der Waals surface area contributed by atoms with E-state index in [1.54, 1.807) is 0 Å². The Morgan fingerprint density at radius 1 is 1.36 bits per heavy atom. The molecule has 3 rings (SSSR count). The van der Waals surface area contributed by atoms with Gasteiger partial charge in [0.1, 0.15) is 16.3 Å². The van der Waals surface area contributed by atoms with Crippen molar-refractivity contribution in [1.29, 1.82) is 0 Å². The predicted octanol–water partition coefficient (Wildman–Crippen LogP) is 4.15. The molecule has 0 aliphatic rings. The van der Waals surface area contributed by atoms with Gasteiger partial charge in [-0.2, -0.15) is 5.10 Å². The van der Waals surface area contributed by atoms with Crippen molar-refractivity contribution < 1.29 is 9.21 Å². The molecule has 6 heteroatoms. The molecule has 0 radical (unpaired) electrons. The molecular weight excluding hydrogens is 334 g/mol. The van der Waals surface area contributed by atoms with Gasteiger partial charge in [0.2, 0.25) is 5.91 Å². The van der Waals surface area contributed by atoms with E-state index in [2.05, 4.69) is 35.4 Å². The molecule has 0 spiro atoms. The van der Waals surface area contributed by atoms with Gasteiger partial charge in [-0.15, -0.1) is 11.3 Å². The Morgan fingerprint density at radius 3 is 2.84 bits per heavy atom. The number of aromatic nitrogens is 1. The first-order valence-corrected chi connectivity index (χ1v) is 9.12. The van der Waals surface area contributed by atoms with E-state index < -0.39 is 0 Å². The molecule has 0 saturated heterocycles. The van der Waals surface area contributed by atoms with Crippen molar-refractivity contribution in [3.8, 4) is 0 Å². The molecule has 1 aromatic carbocycles. The number of rotatable bonds is 5. The Hall–Kier alpha value is -2.47. The molecule has 130 valence electrons. The van der Waals surface area contributed by atoms with E-state index in [0.29, 0.717) is 5.71 Å². The van der Waals surface area contributed by atoms with Crippen molar-refractivity contribution in [1.82, 2.24) is 10.4 Å². The lowest BCUT2D eigenvalue weighted by Gasteiger charge is -2.02. The summed E-state index contributed by atoms with van der Waals surface area (Å²) >= 11 is 1.48. The number of hydrogen-bond donors (Lipinski definition) is 1. The van der Waals surface area contributed by atoms with Gasteiger partial charge in [0, 0.05) is 22.0 Å². The quantitative estimate of drug-likeness (QED) is 0.552. The minimum Gasteiger partial charge on any atom is -0.454 e. The van der Waals surface area contributed by atoms with Crippen molar-refractivity contribution in [2.75, 3.05) is 0 Å². The molecule has 0 atom stereocenters. The molecule has 2 heterocycles. The molecule has 0 bridgehead atoms. The first kappa shape index (κ1) is 17.4. The summed E-state index contributed by atoms with van der Waals surface area (Å²) in [7, 11) is 0. The van der Waals surface area contributed by atoms with E-state index in [1.165, 1.54) is 16.9 Å². The Labute approximate surface area is 150 Å². The number of hydrazone groups is 1. The van der Waals surface area contributed by atoms with Crippen LogP contribution in [0.15, 0.2) is 33.1 Å². The summed E-state index contributed by atoms with van der Waals surface area (Å²) in [5, 5.41) is 8.05. The van der Waals surface area contributed by atoms with Crippen LogP contribution in [-0.4, -0.2) is 16.6 Å². The van der Waals surface area contributed by atoms with Crippen LogP contribution in [-0.2, 0) is 17.6 Å². The van der Waals surface area contributed by atoms with E-state index in [9.17, 15) is 4.79 Å². The van der Waals surface area contributed by atoms with Crippen molar-refractivity contribution in [2.45, 2.75) is 40.5 Å². The maximum Gasteiger partial charge on any atom is 0.246 e. The second-order valence-corrected chi connectivity index (χ2v) is 7.00. The Kier molecular flexibility index (Phi) is 4.99. The van der Waals surface area contributed by atoms with Gasteiger partial charge in [-0.25, -0.2) is 10.4 Å². The van der Waals surface area contributed by atoms with Gasteiger partial charge in [-0.05, 0) is 39.3 Å². The number of nitrogens with zero attached hydrogens (tertiary/aromatic N) is 2. The molecular formula is C19H21N3O2S. The van der Waals surface area contributed by atoms with Gasteiger partial charge in [0.05, 0.1) is 6.42 Å². The molecule has 1 amide bonds. The second-order valence-electron chi connectivity index (χ2n) is 6.05. The maximum absolute atomic E-state index is 12.0. The molecule has 0 aliphatic carbocycles. The number of benzene rings is 1. The zero-order valence-electron chi connectivity index (χ0n) is 14.8. The SMILES string of the molecule is CCc1c(/C(C)=N\NC(=O)Cc2nc(C)cs2)oc2ccc(C)cc12. The highest BCUT2D eigenvalue weighted by molar-refractivity contribution is 7.09. The lowest BCUT2D eigenvalue weighted by Crippen LogP contribution is -2.21. The predicted molar refractivity (Wildman–Crippen MR) is 101 cm³/mol. The Bertz CT molecular complexity index is 953. The van der Waals surface area contributed by atoms with Crippen LogP contribution in [0, 0.1) is 13.8 Å². The lowest BCUT2D eigenvalue weighted by molar-refractivity contribution is -0.120. The summed E-state index contributed by atoms with van der Waals surface area (Å²) in [5.41, 5.74) is 7.34. The standard InChI is InChI=1S/C19H21N3O2S/c1-5-14-15-8-11(2)6-7-16(15)24-19(14)13(4)21-22-17(23)9-18-20-12(3)10-25-18/h6-8,10H,5,9H2,1-4H3,(H,22,23)/b21-13-. The minimum atomic E-state index is -0.182. The van der Waals surface area contributed by atoms with Crippen LogP contribution in [0.4, 0.5) is 0 Å². The fourth-order valence-electron chi connectivity index (χ4n) is 2.76. The average Bonchev–Trinajstić information content (AvgIpc) is 3.15. The van der Waals surface area contributed by atoms with Gasteiger partial charge in [0.25, 0.3) is 0 Å². The molecule has 2 aromatic heterocycles. The normalized spacial score (nSPS) is 11.9. The van der Waals surface area contributed by atoms with Crippen molar-refractivity contribution in [2.24, 2.45) is 5.10 Å². The number of fused-ring (bicyclic) bond motifs is 1. The van der Waals surface area contributed by atoms with E-state index in [1.807, 2.05) is 31.4 Å². The van der Waals surface area contributed by atoms with Crippen molar-refractivity contribution in [3.63, 3.8) is 0 Å². The van der Waals surface area contributed by atoms with Gasteiger partial charge >= 0.3 is 0 Å². The van der Waals surface area contributed by atoms with E-state index >= 15 is 0 Å². The van der Waals surface area contributed by atoms with E-state index in [4.69, 9.17) is 4.42 Å². The summed E-state index contributed by atoms with van der Waals surface area (Å²) < 4.78 is 5.97. The van der Waals surface area contributed by atoms with Crippen LogP contribution in [0.25, 0.3) is 11.0 Å². The van der Waals surface area contributed by atoms with Crippen LogP contribution in [0.3, 0.4) is 0 Å². The first-order chi connectivity index (χ1) is 12.0. The molecule has 3 aromatic rings. The van der Waals surface area contributed by atoms with Crippen LogP contribution in [0.2, 0.25) is 0 Å². The summed E-state index contributed by atoms with van der Waals surface area (Å²) in [6.07, 6.45) is 1.07. The first-order valence-electron chi connectivity index (χ1n) is 8.24. The fourth-order valence-corrected chi connectivity index (χ4v) is 3.53. The smallest absolute Gasteiger partial charge is 0.246 e. The number of nitrogens with one attached hydrogen (secondary N) is 1. The third kappa shape index (κ3) is 3.79.